The zero-order chi connectivity index (χ0) is 16.8. The lowest BCUT2D eigenvalue weighted by molar-refractivity contribution is -0.122. The molecular weight excluding hydrogens is 292 g/mol. The molecule has 1 aromatic carbocycles. The van der Waals surface area contributed by atoms with E-state index in [4.69, 9.17) is 9.15 Å². The second-order valence-electron chi connectivity index (χ2n) is 5.72. The highest BCUT2D eigenvalue weighted by molar-refractivity contribution is 5.78. The summed E-state index contributed by atoms with van der Waals surface area (Å²) in [6.07, 6.45) is 0. The van der Waals surface area contributed by atoms with Crippen molar-refractivity contribution < 1.29 is 13.9 Å². The van der Waals surface area contributed by atoms with Crippen molar-refractivity contribution >= 4 is 5.91 Å². The van der Waals surface area contributed by atoms with Gasteiger partial charge in [0.15, 0.2) is 0 Å². The third-order valence-electron chi connectivity index (χ3n) is 3.62. The Morgan fingerprint density at radius 3 is 2.70 bits per heavy atom. The number of aryl methyl sites for hydroxylation is 1. The van der Waals surface area contributed by atoms with Crippen LogP contribution in [0.1, 0.15) is 30.0 Å². The molecule has 0 aliphatic heterocycles. The number of carbonyl (C=O) groups is 1. The van der Waals surface area contributed by atoms with Gasteiger partial charge in [-0.1, -0.05) is 18.2 Å². The molecule has 23 heavy (non-hydrogen) atoms. The number of methoxy groups -OCH3 is 1. The maximum Gasteiger partial charge on any atom is 0.234 e. The predicted molar refractivity (Wildman–Crippen MR) is 89.3 cm³/mol. The number of carbonyl (C=O) groups excluding carboxylic acids is 1. The van der Waals surface area contributed by atoms with Crippen LogP contribution in [-0.4, -0.2) is 31.5 Å². The van der Waals surface area contributed by atoms with Crippen LogP contribution in [0, 0.1) is 6.92 Å². The molecule has 0 spiro atoms. The van der Waals surface area contributed by atoms with Crippen LogP contribution in [0.15, 0.2) is 40.8 Å². The average Bonchev–Trinajstić information content (AvgIpc) is 2.91. The lowest BCUT2D eigenvalue weighted by Crippen LogP contribution is -2.36. The van der Waals surface area contributed by atoms with Crippen LogP contribution in [0.3, 0.4) is 0 Å². The van der Waals surface area contributed by atoms with E-state index in [9.17, 15) is 4.79 Å². The quantitative estimate of drug-likeness (QED) is 0.853. The zero-order valence-corrected chi connectivity index (χ0v) is 14.1. The highest BCUT2D eigenvalue weighted by atomic mass is 16.5. The number of rotatable bonds is 7. The summed E-state index contributed by atoms with van der Waals surface area (Å²) in [6.45, 7) is 4.76. The molecule has 0 unspecified atom stereocenters. The number of likely N-dealkylation sites (N-methyl/N-ethyl adjacent to an activating group) is 1. The maximum absolute atomic E-state index is 12.2. The summed E-state index contributed by atoms with van der Waals surface area (Å²) in [5.41, 5.74) is 0.965. The van der Waals surface area contributed by atoms with Crippen molar-refractivity contribution in [1.82, 2.24) is 10.2 Å². The van der Waals surface area contributed by atoms with Crippen LogP contribution in [0.2, 0.25) is 0 Å². The Balaban J connectivity index is 1.88. The number of furan rings is 1. The SMILES string of the molecule is COc1ccccc1[C@@H](C)NC(=O)CN(C)Cc1ccc(C)o1. The number of nitrogens with zero attached hydrogens (tertiary/aromatic N) is 1. The van der Waals surface area contributed by atoms with Crippen LogP contribution in [-0.2, 0) is 11.3 Å². The summed E-state index contributed by atoms with van der Waals surface area (Å²) < 4.78 is 10.9. The van der Waals surface area contributed by atoms with Crippen molar-refractivity contribution in [3.63, 3.8) is 0 Å². The van der Waals surface area contributed by atoms with Crippen LogP contribution in [0.25, 0.3) is 0 Å². The highest BCUT2D eigenvalue weighted by Gasteiger charge is 2.15. The van der Waals surface area contributed by atoms with E-state index < -0.39 is 0 Å². The van der Waals surface area contributed by atoms with E-state index in [1.165, 1.54) is 0 Å². The predicted octanol–water partition coefficient (Wildman–Crippen LogP) is 2.91. The van der Waals surface area contributed by atoms with Gasteiger partial charge in [-0.3, -0.25) is 9.69 Å². The Morgan fingerprint density at radius 2 is 2.04 bits per heavy atom. The third-order valence-corrected chi connectivity index (χ3v) is 3.62. The van der Waals surface area contributed by atoms with Crippen LogP contribution in [0.5, 0.6) is 5.75 Å². The van der Waals surface area contributed by atoms with Crippen LogP contribution < -0.4 is 10.1 Å². The fourth-order valence-corrected chi connectivity index (χ4v) is 2.53. The van der Waals surface area contributed by atoms with Gasteiger partial charge in [0.05, 0.1) is 26.2 Å². The third kappa shape index (κ3) is 4.86. The lowest BCUT2D eigenvalue weighted by atomic mass is 10.1. The summed E-state index contributed by atoms with van der Waals surface area (Å²) in [5, 5.41) is 3.00. The Labute approximate surface area is 137 Å². The molecule has 2 rings (SSSR count). The fraction of sp³-hybridized carbons (Fsp3) is 0.389. The molecule has 0 saturated heterocycles. The first kappa shape index (κ1) is 17.1. The first-order valence-electron chi connectivity index (χ1n) is 7.65. The number of ether oxygens (including phenoxy) is 1. The molecule has 1 aromatic heterocycles. The van der Waals surface area contributed by atoms with Gasteiger partial charge in [-0.05, 0) is 39.1 Å². The van der Waals surface area contributed by atoms with E-state index in [0.29, 0.717) is 13.1 Å². The van der Waals surface area contributed by atoms with Crippen molar-refractivity contribution in [3.8, 4) is 5.75 Å². The summed E-state index contributed by atoms with van der Waals surface area (Å²) >= 11 is 0. The van der Waals surface area contributed by atoms with E-state index in [-0.39, 0.29) is 11.9 Å². The molecule has 1 amide bonds. The number of para-hydroxylation sites is 1. The van der Waals surface area contributed by atoms with Gasteiger partial charge in [0.2, 0.25) is 5.91 Å². The van der Waals surface area contributed by atoms with Gasteiger partial charge in [0.25, 0.3) is 0 Å². The largest absolute Gasteiger partial charge is 0.496 e. The molecular formula is C18H24N2O3. The first-order valence-corrected chi connectivity index (χ1v) is 7.65. The van der Waals surface area contributed by atoms with E-state index in [0.717, 1.165) is 22.8 Å². The molecule has 0 aliphatic carbocycles. The normalized spacial score (nSPS) is 12.2. The van der Waals surface area contributed by atoms with Crippen molar-refractivity contribution in [3.05, 3.63) is 53.5 Å². The number of hydrogen-bond donors (Lipinski definition) is 1. The maximum atomic E-state index is 12.2. The first-order chi connectivity index (χ1) is 11.0. The van der Waals surface area contributed by atoms with Crippen molar-refractivity contribution in [2.45, 2.75) is 26.4 Å². The average molecular weight is 316 g/mol. The molecule has 0 radical (unpaired) electrons. The van der Waals surface area contributed by atoms with Gasteiger partial charge in [0, 0.05) is 5.56 Å². The minimum absolute atomic E-state index is 0.0332. The lowest BCUT2D eigenvalue weighted by Gasteiger charge is -2.20. The van der Waals surface area contributed by atoms with E-state index in [1.54, 1.807) is 7.11 Å². The highest BCUT2D eigenvalue weighted by Crippen LogP contribution is 2.24. The summed E-state index contributed by atoms with van der Waals surface area (Å²) in [5.74, 6) is 2.48. The minimum Gasteiger partial charge on any atom is -0.496 e. The van der Waals surface area contributed by atoms with Gasteiger partial charge < -0.3 is 14.5 Å². The van der Waals surface area contributed by atoms with Gasteiger partial charge in [-0.25, -0.2) is 0 Å². The van der Waals surface area contributed by atoms with Crippen molar-refractivity contribution in [2.75, 3.05) is 20.7 Å². The van der Waals surface area contributed by atoms with E-state index in [1.807, 2.05) is 62.2 Å². The Kier molecular flexibility index (Phi) is 5.82. The molecule has 1 heterocycles. The second-order valence-corrected chi connectivity index (χ2v) is 5.72. The van der Waals surface area contributed by atoms with Crippen molar-refractivity contribution in [2.24, 2.45) is 0 Å². The Bertz CT molecular complexity index is 651. The summed E-state index contributed by atoms with van der Waals surface area (Å²) in [4.78, 5) is 14.1. The topological polar surface area (TPSA) is 54.7 Å². The molecule has 1 atom stereocenters. The second kappa shape index (κ2) is 7.83. The van der Waals surface area contributed by atoms with Gasteiger partial charge in [0.1, 0.15) is 17.3 Å². The van der Waals surface area contributed by atoms with Crippen LogP contribution in [0.4, 0.5) is 0 Å². The van der Waals surface area contributed by atoms with E-state index >= 15 is 0 Å². The molecule has 1 N–H and O–H groups in total. The molecule has 0 saturated carbocycles. The number of amides is 1. The van der Waals surface area contributed by atoms with Gasteiger partial charge >= 0.3 is 0 Å². The minimum atomic E-state index is -0.113. The monoisotopic (exact) mass is 316 g/mol. The molecule has 0 aliphatic rings. The molecule has 5 heteroatoms. The standard InChI is InChI=1S/C18H24N2O3/c1-13-9-10-15(23-13)11-20(3)12-18(21)19-14(2)16-7-5-6-8-17(16)22-4/h5-10,14H,11-12H2,1-4H3,(H,19,21)/t14-/m1/s1. The Hall–Kier alpha value is -2.27. The molecule has 5 nitrogen and oxygen atoms in total. The summed E-state index contributed by atoms with van der Waals surface area (Å²) in [7, 11) is 3.53. The Morgan fingerprint density at radius 1 is 1.30 bits per heavy atom. The molecule has 0 bridgehead atoms. The number of hydrogen-bond acceptors (Lipinski definition) is 4. The molecule has 0 fully saturated rings. The van der Waals surface area contributed by atoms with Crippen LogP contribution >= 0.6 is 0 Å². The molecule has 2 aromatic rings. The number of nitrogens with one attached hydrogen (secondary N) is 1. The smallest absolute Gasteiger partial charge is 0.234 e. The number of benzene rings is 1. The summed E-state index contributed by atoms with van der Waals surface area (Å²) in [6, 6.07) is 11.4. The van der Waals surface area contributed by atoms with Gasteiger partial charge in [-0.15, -0.1) is 0 Å². The van der Waals surface area contributed by atoms with Gasteiger partial charge in [-0.2, -0.15) is 0 Å². The fourth-order valence-electron chi connectivity index (χ4n) is 2.53. The van der Waals surface area contributed by atoms with Crippen molar-refractivity contribution in [1.29, 1.82) is 0 Å². The van der Waals surface area contributed by atoms with E-state index in [2.05, 4.69) is 5.32 Å². The molecule has 124 valence electrons. The zero-order valence-electron chi connectivity index (χ0n) is 14.1.